The van der Waals surface area contributed by atoms with Crippen molar-refractivity contribution >= 4 is 30.2 Å². The molecule has 0 fully saturated rings. The number of urea groups is 1. The zero-order valence-corrected chi connectivity index (χ0v) is 19.7. The monoisotopic (exact) mass is 475 g/mol. The Bertz CT molecular complexity index is 1080. The Kier molecular flexibility index (Phi) is 9.86. The molecule has 4 N–H and O–H groups in total. The summed E-state index contributed by atoms with van der Waals surface area (Å²) in [6.07, 6.45) is 1.87. The van der Waals surface area contributed by atoms with Gasteiger partial charge in [0.2, 0.25) is 0 Å². The van der Waals surface area contributed by atoms with E-state index in [0.29, 0.717) is 24.1 Å². The summed E-state index contributed by atoms with van der Waals surface area (Å²) in [6.45, 7) is 3.27. The first-order valence-electron chi connectivity index (χ1n) is 11.5. The molecule has 0 saturated heterocycles. The number of benzene rings is 3. The molecule has 3 aromatic rings. The summed E-state index contributed by atoms with van der Waals surface area (Å²) >= 11 is 0. The molecule has 0 atom stereocenters. The van der Waals surface area contributed by atoms with Crippen LogP contribution in [-0.2, 0) is 18.0 Å². The minimum Gasteiger partial charge on any atom is -0.423 e. The molecular weight excluding hydrogens is 445 g/mol. The smallest absolute Gasteiger partial charge is 0.423 e. The summed E-state index contributed by atoms with van der Waals surface area (Å²) in [5.41, 5.74) is 5.64. The minimum absolute atomic E-state index is 0.133. The molecule has 0 aromatic heterocycles. The second-order valence-corrected chi connectivity index (χ2v) is 8.10. The first-order valence-corrected chi connectivity index (χ1v) is 11.5. The second-order valence-electron chi connectivity index (χ2n) is 8.10. The normalized spacial score (nSPS) is 10.5. The molecule has 3 rings (SSSR count). The lowest BCUT2D eigenvalue weighted by Gasteiger charge is -2.23. The highest BCUT2D eigenvalue weighted by molar-refractivity contribution is 6.58. The Labute approximate surface area is 205 Å². The predicted octanol–water partition coefficient (Wildman–Crippen LogP) is 3.06. The third-order valence-corrected chi connectivity index (χ3v) is 5.36. The number of rotatable bonds is 11. The fraction of sp³-hybridized carbons (Fsp3) is 0.231. The van der Waals surface area contributed by atoms with Crippen molar-refractivity contribution in [1.82, 2.24) is 10.4 Å². The molecule has 0 aliphatic rings. The van der Waals surface area contributed by atoms with Gasteiger partial charge in [-0.1, -0.05) is 67.9 Å². The molecule has 3 aromatic carbocycles. The van der Waals surface area contributed by atoms with E-state index in [0.717, 1.165) is 29.7 Å². The van der Waals surface area contributed by atoms with Crippen LogP contribution in [-0.4, -0.2) is 40.5 Å². The van der Waals surface area contributed by atoms with Crippen molar-refractivity contribution in [2.45, 2.75) is 32.9 Å². The standard InChI is InChI=1S/C26H30BN3O5/c1-2-3-17-30(26(32)28-24-7-5-4-6-8-24)18-20-9-13-22(14-10-20)25(31)29-35-19-21-11-15-23(16-12-21)27(33)34/h4-16,33-34H,2-3,17-19H2,1H3,(H,28,32)(H,29,31). The van der Waals surface area contributed by atoms with E-state index in [9.17, 15) is 9.59 Å². The maximum atomic E-state index is 12.8. The van der Waals surface area contributed by atoms with Gasteiger partial charge in [-0.2, -0.15) is 0 Å². The van der Waals surface area contributed by atoms with Crippen LogP contribution in [0.5, 0.6) is 0 Å². The summed E-state index contributed by atoms with van der Waals surface area (Å²) in [4.78, 5) is 32.2. The van der Waals surface area contributed by atoms with E-state index in [1.807, 2.05) is 42.5 Å². The molecule has 9 heteroatoms. The van der Waals surface area contributed by atoms with Gasteiger partial charge in [-0.25, -0.2) is 10.3 Å². The van der Waals surface area contributed by atoms with Crippen LogP contribution < -0.4 is 16.3 Å². The number of carbonyl (C=O) groups excluding carboxylic acids is 2. The zero-order valence-electron chi connectivity index (χ0n) is 19.7. The van der Waals surface area contributed by atoms with Crippen LogP contribution in [0, 0.1) is 0 Å². The van der Waals surface area contributed by atoms with Gasteiger partial charge in [0, 0.05) is 24.3 Å². The number of para-hydroxylation sites is 1. The minimum atomic E-state index is -1.52. The van der Waals surface area contributed by atoms with Gasteiger partial charge >= 0.3 is 13.1 Å². The van der Waals surface area contributed by atoms with Gasteiger partial charge in [0.25, 0.3) is 5.91 Å². The Balaban J connectivity index is 1.52. The molecule has 0 heterocycles. The third kappa shape index (κ3) is 8.26. The average Bonchev–Trinajstić information content (AvgIpc) is 2.87. The Hall–Kier alpha value is -3.66. The van der Waals surface area contributed by atoms with Crippen LogP contribution in [0.25, 0.3) is 0 Å². The van der Waals surface area contributed by atoms with E-state index in [-0.39, 0.29) is 18.5 Å². The Morgan fingerprint density at radius 2 is 1.57 bits per heavy atom. The predicted molar refractivity (Wildman–Crippen MR) is 136 cm³/mol. The van der Waals surface area contributed by atoms with E-state index in [1.165, 1.54) is 0 Å². The SMILES string of the molecule is CCCCN(Cc1ccc(C(=O)NOCc2ccc(B(O)O)cc2)cc1)C(=O)Nc1ccccc1. The Morgan fingerprint density at radius 3 is 2.20 bits per heavy atom. The van der Waals surface area contributed by atoms with Gasteiger partial charge in [-0.3, -0.25) is 9.63 Å². The molecule has 182 valence electrons. The molecule has 3 amide bonds. The summed E-state index contributed by atoms with van der Waals surface area (Å²) < 4.78 is 0. The third-order valence-electron chi connectivity index (χ3n) is 5.36. The number of carbonyl (C=O) groups is 2. The van der Waals surface area contributed by atoms with Crippen molar-refractivity contribution in [2.75, 3.05) is 11.9 Å². The summed E-state index contributed by atoms with van der Waals surface area (Å²) in [6, 6.07) is 22.7. The zero-order chi connectivity index (χ0) is 25.0. The molecule has 0 saturated carbocycles. The lowest BCUT2D eigenvalue weighted by molar-refractivity contribution is 0.0233. The first-order chi connectivity index (χ1) is 17.0. The molecule has 0 unspecified atom stereocenters. The van der Waals surface area contributed by atoms with E-state index in [1.54, 1.807) is 41.3 Å². The number of hydrogen-bond donors (Lipinski definition) is 4. The number of nitrogens with one attached hydrogen (secondary N) is 2. The van der Waals surface area contributed by atoms with Crippen LogP contribution in [0.1, 0.15) is 41.3 Å². The first kappa shape index (κ1) is 26.0. The lowest BCUT2D eigenvalue weighted by Crippen LogP contribution is -2.35. The molecule has 0 aliphatic heterocycles. The average molecular weight is 475 g/mol. The summed E-state index contributed by atoms with van der Waals surface area (Å²) in [5.74, 6) is -0.386. The Morgan fingerprint density at radius 1 is 0.914 bits per heavy atom. The molecule has 35 heavy (non-hydrogen) atoms. The quantitative estimate of drug-likeness (QED) is 0.252. The molecule has 8 nitrogen and oxygen atoms in total. The molecule has 0 spiro atoms. The molecule has 0 radical (unpaired) electrons. The van der Waals surface area contributed by atoms with Gasteiger partial charge in [0.1, 0.15) is 0 Å². The largest absolute Gasteiger partial charge is 0.488 e. The number of nitrogens with zero attached hydrogens (tertiary/aromatic N) is 1. The van der Waals surface area contributed by atoms with Crippen molar-refractivity contribution in [3.8, 4) is 0 Å². The van der Waals surface area contributed by atoms with Crippen molar-refractivity contribution in [3.05, 3.63) is 95.6 Å². The highest BCUT2D eigenvalue weighted by Crippen LogP contribution is 2.12. The van der Waals surface area contributed by atoms with Crippen LogP contribution in [0.4, 0.5) is 10.5 Å². The number of hydroxylamine groups is 1. The second kappa shape index (κ2) is 13.3. The van der Waals surface area contributed by atoms with Crippen LogP contribution >= 0.6 is 0 Å². The maximum Gasteiger partial charge on any atom is 0.488 e. The summed E-state index contributed by atoms with van der Waals surface area (Å²) in [5, 5.41) is 21.2. The van der Waals surface area contributed by atoms with Crippen LogP contribution in [0.2, 0.25) is 0 Å². The topological polar surface area (TPSA) is 111 Å². The summed E-state index contributed by atoms with van der Waals surface area (Å²) in [7, 11) is -1.52. The van der Waals surface area contributed by atoms with Crippen molar-refractivity contribution in [3.63, 3.8) is 0 Å². The van der Waals surface area contributed by atoms with E-state index < -0.39 is 7.12 Å². The van der Waals surface area contributed by atoms with Crippen molar-refractivity contribution < 1.29 is 24.5 Å². The fourth-order valence-corrected chi connectivity index (χ4v) is 3.34. The molecule has 0 aliphatic carbocycles. The number of unbranched alkanes of at least 4 members (excludes halogenated alkanes) is 1. The van der Waals surface area contributed by atoms with E-state index in [2.05, 4.69) is 17.7 Å². The van der Waals surface area contributed by atoms with Crippen LogP contribution in [0.15, 0.2) is 78.9 Å². The highest BCUT2D eigenvalue weighted by atomic mass is 16.6. The van der Waals surface area contributed by atoms with Gasteiger partial charge in [-0.05, 0) is 47.3 Å². The molecule has 0 bridgehead atoms. The van der Waals surface area contributed by atoms with Gasteiger partial charge in [0.15, 0.2) is 0 Å². The fourth-order valence-electron chi connectivity index (χ4n) is 3.34. The van der Waals surface area contributed by atoms with Gasteiger partial charge in [0.05, 0.1) is 6.61 Å². The molecular formula is C26H30BN3O5. The lowest BCUT2D eigenvalue weighted by atomic mass is 9.80. The van der Waals surface area contributed by atoms with Gasteiger partial charge in [-0.15, -0.1) is 0 Å². The van der Waals surface area contributed by atoms with E-state index in [4.69, 9.17) is 14.9 Å². The van der Waals surface area contributed by atoms with Gasteiger partial charge < -0.3 is 20.3 Å². The number of hydrogen-bond acceptors (Lipinski definition) is 5. The number of amides is 3. The van der Waals surface area contributed by atoms with E-state index >= 15 is 0 Å². The maximum absolute atomic E-state index is 12.8. The number of anilines is 1. The highest BCUT2D eigenvalue weighted by Gasteiger charge is 2.15. The van der Waals surface area contributed by atoms with Crippen LogP contribution in [0.3, 0.4) is 0 Å². The van der Waals surface area contributed by atoms with Crippen molar-refractivity contribution in [1.29, 1.82) is 0 Å². The van der Waals surface area contributed by atoms with Crippen molar-refractivity contribution in [2.24, 2.45) is 0 Å².